The smallest absolute Gasteiger partial charge is 0.244 e. The van der Waals surface area contributed by atoms with Crippen LogP contribution in [0.25, 0.3) is 0 Å². The molecule has 2 heterocycles. The molecule has 2 N–H and O–H groups in total. The normalized spacial score (nSPS) is 21.1. The first kappa shape index (κ1) is 14.9. The summed E-state index contributed by atoms with van der Waals surface area (Å²) in [5.41, 5.74) is 6.43. The summed E-state index contributed by atoms with van der Waals surface area (Å²) in [6.45, 7) is 3.80. The highest BCUT2D eigenvalue weighted by molar-refractivity contribution is 7.89. The maximum atomic E-state index is 12.7. The van der Waals surface area contributed by atoms with Crippen LogP contribution in [0.3, 0.4) is 0 Å². The number of hydrogen-bond acceptors (Lipinski definition) is 5. The van der Waals surface area contributed by atoms with E-state index in [0.717, 1.165) is 16.9 Å². The average Bonchev–Trinajstić information content (AvgIpc) is 2.96. The fraction of sp³-hybridized carbons (Fsp3) is 0.667. The Kier molecular flexibility index (Phi) is 4.62. The number of nitrogens with two attached hydrogens (primary N) is 1. The number of sulfonamides is 1. The standard InChI is InChI=1S/C12H20N2O3S2/c1-9-8-18-11(5-13)12(9)19(15,16)14-4-3-10(6-14)7-17-2/h8,10H,3-7,13H2,1-2H3. The third-order valence-corrected chi connectivity index (χ3v) is 6.78. The Bertz CT molecular complexity index is 539. The van der Waals surface area contributed by atoms with Crippen LogP contribution in [0.1, 0.15) is 16.9 Å². The molecule has 5 nitrogen and oxygen atoms in total. The summed E-state index contributed by atoms with van der Waals surface area (Å²) < 4.78 is 32.0. The number of hydrogen-bond donors (Lipinski definition) is 1. The number of methoxy groups -OCH3 is 1. The topological polar surface area (TPSA) is 72.6 Å². The minimum Gasteiger partial charge on any atom is -0.384 e. The molecular weight excluding hydrogens is 284 g/mol. The lowest BCUT2D eigenvalue weighted by atomic mass is 10.1. The van der Waals surface area contributed by atoms with E-state index in [-0.39, 0.29) is 6.54 Å². The van der Waals surface area contributed by atoms with E-state index in [0.29, 0.717) is 30.5 Å². The second-order valence-corrected chi connectivity index (χ2v) is 7.69. The summed E-state index contributed by atoms with van der Waals surface area (Å²) in [7, 11) is -1.77. The van der Waals surface area contributed by atoms with Crippen molar-refractivity contribution in [1.29, 1.82) is 0 Å². The quantitative estimate of drug-likeness (QED) is 0.886. The molecule has 0 radical (unpaired) electrons. The van der Waals surface area contributed by atoms with E-state index in [2.05, 4.69) is 0 Å². The van der Waals surface area contributed by atoms with Gasteiger partial charge in [0.1, 0.15) is 4.90 Å². The molecule has 0 saturated carbocycles. The van der Waals surface area contributed by atoms with E-state index in [1.807, 2.05) is 12.3 Å². The molecule has 0 aromatic carbocycles. The van der Waals surface area contributed by atoms with Gasteiger partial charge in [-0.25, -0.2) is 8.42 Å². The highest BCUT2D eigenvalue weighted by Crippen LogP contribution is 2.32. The minimum atomic E-state index is -3.41. The summed E-state index contributed by atoms with van der Waals surface area (Å²) in [6, 6.07) is 0. The van der Waals surface area contributed by atoms with Crippen molar-refractivity contribution in [3.63, 3.8) is 0 Å². The van der Waals surface area contributed by atoms with E-state index < -0.39 is 10.0 Å². The van der Waals surface area contributed by atoms with Crippen molar-refractivity contribution in [2.24, 2.45) is 11.7 Å². The highest BCUT2D eigenvalue weighted by Gasteiger charge is 2.35. The number of ether oxygens (including phenoxy) is 1. The molecule has 1 unspecified atom stereocenters. The third kappa shape index (κ3) is 2.85. The van der Waals surface area contributed by atoms with Crippen molar-refractivity contribution < 1.29 is 13.2 Å². The molecule has 1 atom stereocenters. The van der Waals surface area contributed by atoms with Crippen LogP contribution in [0.2, 0.25) is 0 Å². The maximum absolute atomic E-state index is 12.7. The fourth-order valence-corrected chi connectivity index (χ4v) is 5.67. The molecular formula is C12H20N2O3S2. The zero-order chi connectivity index (χ0) is 14.0. The number of aryl methyl sites for hydroxylation is 1. The van der Waals surface area contributed by atoms with Crippen LogP contribution in [0.15, 0.2) is 10.3 Å². The molecule has 0 amide bonds. The van der Waals surface area contributed by atoms with Gasteiger partial charge in [0.2, 0.25) is 10.0 Å². The summed E-state index contributed by atoms with van der Waals surface area (Å²) in [4.78, 5) is 1.16. The van der Waals surface area contributed by atoms with Gasteiger partial charge in [-0.2, -0.15) is 4.31 Å². The zero-order valence-corrected chi connectivity index (χ0v) is 12.9. The summed E-state index contributed by atoms with van der Waals surface area (Å²) in [6.07, 6.45) is 0.855. The molecule has 1 aromatic rings. The van der Waals surface area contributed by atoms with Crippen LogP contribution >= 0.6 is 11.3 Å². The van der Waals surface area contributed by atoms with Crippen molar-refractivity contribution in [2.75, 3.05) is 26.8 Å². The van der Waals surface area contributed by atoms with Crippen LogP contribution in [0.4, 0.5) is 0 Å². The van der Waals surface area contributed by atoms with Crippen molar-refractivity contribution in [1.82, 2.24) is 4.31 Å². The molecule has 1 aliphatic heterocycles. The molecule has 19 heavy (non-hydrogen) atoms. The van der Waals surface area contributed by atoms with Crippen LogP contribution in [-0.4, -0.2) is 39.5 Å². The van der Waals surface area contributed by atoms with E-state index in [9.17, 15) is 8.42 Å². The lowest BCUT2D eigenvalue weighted by Gasteiger charge is -2.17. The second kappa shape index (κ2) is 5.88. The monoisotopic (exact) mass is 304 g/mol. The number of rotatable bonds is 5. The van der Waals surface area contributed by atoms with Gasteiger partial charge in [0.15, 0.2) is 0 Å². The minimum absolute atomic E-state index is 0.266. The van der Waals surface area contributed by atoms with Gasteiger partial charge < -0.3 is 10.5 Å². The van der Waals surface area contributed by atoms with E-state index >= 15 is 0 Å². The Hall–Kier alpha value is -0.470. The van der Waals surface area contributed by atoms with E-state index in [1.165, 1.54) is 11.3 Å². The molecule has 0 aliphatic carbocycles. The SMILES string of the molecule is COCC1CCN(S(=O)(=O)c2c(C)csc2CN)C1. The van der Waals surface area contributed by atoms with E-state index in [1.54, 1.807) is 11.4 Å². The Morgan fingerprint density at radius 1 is 1.58 bits per heavy atom. The lowest BCUT2D eigenvalue weighted by Crippen LogP contribution is -2.30. The molecule has 1 saturated heterocycles. The van der Waals surface area contributed by atoms with Gasteiger partial charge in [0.05, 0.1) is 6.61 Å². The predicted octanol–water partition coefficient (Wildman–Crippen LogP) is 1.17. The van der Waals surface area contributed by atoms with Gasteiger partial charge in [0.25, 0.3) is 0 Å². The summed E-state index contributed by atoms with van der Waals surface area (Å²) in [5.74, 6) is 0.292. The van der Waals surface area contributed by atoms with Crippen LogP contribution < -0.4 is 5.73 Å². The predicted molar refractivity (Wildman–Crippen MR) is 75.7 cm³/mol. The molecule has 108 valence electrons. The Morgan fingerprint density at radius 2 is 2.32 bits per heavy atom. The first-order valence-corrected chi connectivity index (χ1v) is 8.58. The molecule has 0 spiro atoms. The zero-order valence-electron chi connectivity index (χ0n) is 11.3. The van der Waals surface area contributed by atoms with Gasteiger partial charge in [-0.15, -0.1) is 11.3 Å². The van der Waals surface area contributed by atoms with Crippen molar-refractivity contribution in [3.05, 3.63) is 15.8 Å². The number of nitrogens with zero attached hydrogens (tertiary/aromatic N) is 1. The van der Waals surface area contributed by atoms with Gasteiger partial charge in [-0.3, -0.25) is 0 Å². The molecule has 1 aromatic heterocycles. The molecule has 0 bridgehead atoms. The molecule has 1 aliphatic rings. The van der Waals surface area contributed by atoms with Crippen LogP contribution in [0.5, 0.6) is 0 Å². The van der Waals surface area contributed by atoms with Crippen molar-refractivity contribution >= 4 is 21.4 Å². The Morgan fingerprint density at radius 3 is 2.95 bits per heavy atom. The van der Waals surface area contributed by atoms with Gasteiger partial charge in [-0.1, -0.05) is 0 Å². The molecule has 1 fully saturated rings. The molecule has 2 rings (SSSR count). The largest absolute Gasteiger partial charge is 0.384 e. The van der Waals surface area contributed by atoms with Gasteiger partial charge >= 0.3 is 0 Å². The molecule has 7 heteroatoms. The summed E-state index contributed by atoms with van der Waals surface area (Å²) in [5, 5.41) is 1.86. The first-order valence-electron chi connectivity index (χ1n) is 6.26. The van der Waals surface area contributed by atoms with Crippen molar-refractivity contribution in [2.45, 2.75) is 24.8 Å². The maximum Gasteiger partial charge on any atom is 0.244 e. The van der Waals surface area contributed by atoms with Crippen LogP contribution in [0, 0.1) is 12.8 Å². The van der Waals surface area contributed by atoms with E-state index in [4.69, 9.17) is 10.5 Å². The fourth-order valence-electron chi connectivity index (χ4n) is 2.49. The average molecular weight is 304 g/mol. The van der Waals surface area contributed by atoms with Gasteiger partial charge in [0, 0.05) is 31.6 Å². The van der Waals surface area contributed by atoms with Crippen LogP contribution in [-0.2, 0) is 21.3 Å². The second-order valence-electron chi connectivity index (χ2n) is 4.85. The highest BCUT2D eigenvalue weighted by atomic mass is 32.2. The van der Waals surface area contributed by atoms with Gasteiger partial charge in [-0.05, 0) is 30.2 Å². The van der Waals surface area contributed by atoms with Crippen molar-refractivity contribution in [3.8, 4) is 0 Å². The lowest BCUT2D eigenvalue weighted by molar-refractivity contribution is 0.157. The Labute approximate surface area is 118 Å². The number of thiophene rings is 1. The Balaban J connectivity index is 2.26. The summed E-state index contributed by atoms with van der Waals surface area (Å²) >= 11 is 1.42. The third-order valence-electron chi connectivity index (χ3n) is 3.42. The first-order chi connectivity index (χ1) is 9.00.